The van der Waals surface area contributed by atoms with Gasteiger partial charge in [-0.25, -0.2) is 4.79 Å². The number of aliphatic hydroxyl groups is 1. The molecular formula is C28H23F3O6. The molecule has 1 atom stereocenters. The molecule has 6 nitrogen and oxygen atoms in total. The van der Waals surface area contributed by atoms with Crippen LogP contribution in [0.2, 0.25) is 0 Å². The Kier molecular flexibility index (Phi) is 7.63. The second-order valence-electron chi connectivity index (χ2n) is 8.56. The fourth-order valence-electron chi connectivity index (χ4n) is 4.05. The first-order valence-electron chi connectivity index (χ1n) is 11.4. The highest BCUT2D eigenvalue weighted by atomic mass is 19.4. The third-order valence-electron chi connectivity index (χ3n) is 5.81. The zero-order chi connectivity index (χ0) is 26.5. The van der Waals surface area contributed by atoms with E-state index in [-0.39, 0.29) is 18.6 Å². The van der Waals surface area contributed by atoms with Gasteiger partial charge < -0.3 is 19.3 Å². The fraction of sp³-hybridized carbons (Fsp3) is 0.214. The van der Waals surface area contributed by atoms with Crippen molar-refractivity contribution in [3.05, 3.63) is 107 Å². The second kappa shape index (κ2) is 10.9. The van der Waals surface area contributed by atoms with E-state index in [9.17, 15) is 27.9 Å². The van der Waals surface area contributed by atoms with Crippen molar-refractivity contribution < 1.29 is 42.1 Å². The van der Waals surface area contributed by atoms with Gasteiger partial charge in [-0.1, -0.05) is 72.8 Å². The lowest BCUT2D eigenvalue weighted by atomic mass is 9.91. The molecule has 1 saturated heterocycles. The summed E-state index contributed by atoms with van der Waals surface area (Å²) in [6.07, 6.45) is -3.43. The van der Waals surface area contributed by atoms with Gasteiger partial charge in [-0.15, -0.1) is 13.2 Å². The van der Waals surface area contributed by atoms with Crippen molar-refractivity contribution >= 4 is 18.0 Å². The van der Waals surface area contributed by atoms with E-state index in [2.05, 4.69) is 4.74 Å². The smallest absolute Gasteiger partial charge is 0.461 e. The SMILES string of the molecule is O=C1OC(CO)(COC(=O)C(c2ccccc2)c2ccccc2)C/C1=C/c1ccc(OC(F)(F)F)cc1. The predicted octanol–water partition coefficient (Wildman–Crippen LogP) is 5.02. The van der Waals surface area contributed by atoms with Gasteiger partial charge in [0.1, 0.15) is 18.3 Å². The number of rotatable bonds is 8. The lowest BCUT2D eigenvalue weighted by molar-refractivity contribution is -0.274. The Hall–Kier alpha value is -4.11. The van der Waals surface area contributed by atoms with E-state index in [1.807, 2.05) is 60.7 Å². The van der Waals surface area contributed by atoms with Crippen LogP contribution in [-0.4, -0.2) is 42.2 Å². The van der Waals surface area contributed by atoms with E-state index in [0.29, 0.717) is 5.56 Å². The monoisotopic (exact) mass is 512 g/mol. The molecule has 0 aliphatic carbocycles. The number of carbonyl (C=O) groups is 2. The summed E-state index contributed by atoms with van der Waals surface area (Å²) < 4.78 is 51.9. The molecule has 9 heteroatoms. The number of halogens is 3. The number of cyclic esters (lactones) is 1. The summed E-state index contributed by atoms with van der Waals surface area (Å²) in [6, 6.07) is 23.1. The topological polar surface area (TPSA) is 82.1 Å². The lowest BCUT2D eigenvalue weighted by Gasteiger charge is -2.26. The molecule has 1 N–H and O–H groups in total. The summed E-state index contributed by atoms with van der Waals surface area (Å²) in [4.78, 5) is 25.7. The number of alkyl halides is 3. The van der Waals surface area contributed by atoms with Crippen LogP contribution in [0.4, 0.5) is 13.2 Å². The maximum atomic E-state index is 13.2. The Morgan fingerprint density at radius 1 is 0.973 bits per heavy atom. The van der Waals surface area contributed by atoms with E-state index in [1.165, 1.54) is 18.2 Å². The van der Waals surface area contributed by atoms with Crippen LogP contribution in [0, 0.1) is 0 Å². The van der Waals surface area contributed by atoms with E-state index < -0.39 is 42.2 Å². The average Bonchev–Trinajstić information content (AvgIpc) is 3.20. The van der Waals surface area contributed by atoms with E-state index in [0.717, 1.165) is 23.3 Å². The second-order valence-corrected chi connectivity index (χ2v) is 8.56. The normalized spacial score (nSPS) is 18.6. The molecule has 0 aromatic heterocycles. The minimum atomic E-state index is -4.81. The summed E-state index contributed by atoms with van der Waals surface area (Å²) >= 11 is 0. The van der Waals surface area contributed by atoms with Crippen LogP contribution in [-0.2, 0) is 19.1 Å². The van der Waals surface area contributed by atoms with Crippen molar-refractivity contribution in [2.75, 3.05) is 13.2 Å². The van der Waals surface area contributed by atoms with Crippen LogP contribution in [0.1, 0.15) is 29.0 Å². The highest BCUT2D eigenvalue weighted by molar-refractivity contribution is 5.96. The summed E-state index contributed by atoms with van der Waals surface area (Å²) in [5.41, 5.74) is 0.575. The van der Waals surface area contributed by atoms with Crippen molar-refractivity contribution in [2.45, 2.75) is 24.3 Å². The van der Waals surface area contributed by atoms with Gasteiger partial charge >= 0.3 is 18.3 Å². The summed E-state index contributed by atoms with van der Waals surface area (Å²) in [6.45, 7) is -0.969. The molecule has 37 heavy (non-hydrogen) atoms. The quantitative estimate of drug-likeness (QED) is 0.337. The predicted molar refractivity (Wildman–Crippen MR) is 127 cm³/mol. The van der Waals surface area contributed by atoms with Crippen molar-refractivity contribution in [2.24, 2.45) is 0 Å². The Morgan fingerprint density at radius 3 is 2.05 bits per heavy atom. The zero-order valence-corrected chi connectivity index (χ0v) is 19.5. The molecule has 1 fully saturated rings. The molecule has 1 heterocycles. The molecule has 0 radical (unpaired) electrons. The van der Waals surface area contributed by atoms with Crippen LogP contribution in [0.5, 0.6) is 5.75 Å². The first-order chi connectivity index (χ1) is 17.7. The van der Waals surface area contributed by atoms with Gasteiger partial charge in [0, 0.05) is 12.0 Å². The molecule has 3 aromatic rings. The molecule has 192 valence electrons. The minimum Gasteiger partial charge on any atom is -0.461 e. The van der Waals surface area contributed by atoms with Crippen LogP contribution >= 0.6 is 0 Å². The molecule has 0 bridgehead atoms. The van der Waals surface area contributed by atoms with Crippen LogP contribution in [0.3, 0.4) is 0 Å². The summed E-state index contributed by atoms with van der Waals surface area (Å²) in [5, 5.41) is 10.0. The van der Waals surface area contributed by atoms with Gasteiger partial charge in [0.15, 0.2) is 5.60 Å². The van der Waals surface area contributed by atoms with E-state index in [1.54, 1.807) is 0 Å². The maximum Gasteiger partial charge on any atom is 0.573 e. The van der Waals surface area contributed by atoms with Gasteiger partial charge in [-0.3, -0.25) is 4.79 Å². The van der Waals surface area contributed by atoms with Crippen molar-refractivity contribution in [3.8, 4) is 5.75 Å². The van der Waals surface area contributed by atoms with E-state index in [4.69, 9.17) is 9.47 Å². The molecule has 0 spiro atoms. The van der Waals surface area contributed by atoms with Gasteiger partial charge in [0.05, 0.1) is 6.61 Å². The van der Waals surface area contributed by atoms with E-state index >= 15 is 0 Å². The number of esters is 2. The number of hydrogen-bond donors (Lipinski definition) is 1. The fourth-order valence-corrected chi connectivity index (χ4v) is 4.05. The lowest BCUT2D eigenvalue weighted by Crippen LogP contribution is -2.40. The van der Waals surface area contributed by atoms with Gasteiger partial charge in [-0.05, 0) is 34.9 Å². The summed E-state index contributed by atoms with van der Waals surface area (Å²) in [7, 11) is 0. The Morgan fingerprint density at radius 2 is 1.54 bits per heavy atom. The number of ether oxygens (including phenoxy) is 3. The Balaban J connectivity index is 1.48. The third-order valence-corrected chi connectivity index (χ3v) is 5.81. The van der Waals surface area contributed by atoms with Gasteiger partial charge in [0.2, 0.25) is 0 Å². The highest BCUT2D eigenvalue weighted by Gasteiger charge is 2.45. The Bertz CT molecular complexity index is 1220. The standard InChI is InChI=1S/C28H23F3O6/c29-28(30,31)36-23-13-11-19(12-14-23)15-22-16-27(17-32,37-25(22)33)18-35-26(34)24(20-7-3-1-4-8-20)21-9-5-2-6-10-21/h1-15,24,32H,16-18H2/b22-15-. The first kappa shape index (κ1) is 26.0. The number of aliphatic hydroxyl groups excluding tert-OH is 1. The Labute approximate surface area is 210 Å². The molecule has 4 rings (SSSR count). The van der Waals surface area contributed by atoms with Crippen molar-refractivity contribution in [1.29, 1.82) is 0 Å². The molecule has 1 aliphatic heterocycles. The van der Waals surface area contributed by atoms with Gasteiger partial charge in [0.25, 0.3) is 0 Å². The maximum absolute atomic E-state index is 13.2. The zero-order valence-electron chi connectivity index (χ0n) is 19.5. The number of benzene rings is 3. The number of hydrogen-bond acceptors (Lipinski definition) is 6. The van der Waals surface area contributed by atoms with Crippen molar-refractivity contribution in [3.63, 3.8) is 0 Å². The van der Waals surface area contributed by atoms with Gasteiger partial charge in [-0.2, -0.15) is 0 Å². The molecule has 1 unspecified atom stereocenters. The summed E-state index contributed by atoms with van der Waals surface area (Å²) in [5.74, 6) is -2.41. The first-order valence-corrected chi connectivity index (χ1v) is 11.4. The molecule has 0 amide bonds. The largest absolute Gasteiger partial charge is 0.573 e. The third kappa shape index (κ3) is 6.56. The van der Waals surface area contributed by atoms with Crippen LogP contribution in [0.25, 0.3) is 6.08 Å². The van der Waals surface area contributed by atoms with Crippen LogP contribution in [0.15, 0.2) is 90.5 Å². The molecule has 0 saturated carbocycles. The van der Waals surface area contributed by atoms with Crippen LogP contribution < -0.4 is 4.74 Å². The number of carbonyl (C=O) groups excluding carboxylic acids is 2. The highest BCUT2D eigenvalue weighted by Crippen LogP contribution is 2.34. The average molecular weight is 512 g/mol. The minimum absolute atomic E-state index is 0.0578. The molecule has 1 aliphatic rings. The molecule has 3 aromatic carbocycles. The van der Waals surface area contributed by atoms with Crippen molar-refractivity contribution in [1.82, 2.24) is 0 Å². The molecular weight excluding hydrogens is 489 g/mol.